The Balaban J connectivity index is 2.10. The van der Waals surface area contributed by atoms with Crippen LogP contribution in [0.4, 0.5) is 0 Å². The SMILES string of the molecule is COC(=O)c1ccc(OCC(=O)N(CC(C)C)[C@H]2CCS(=O)(=O)C2)c(OC)c1. The summed E-state index contributed by atoms with van der Waals surface area (Å²) in [5.74, 6) is 0.107. The number of carbonyl (C=O) groups excluding carboxylic acids is 2. The number of sulfone groups is 1. The monoisotopic (exact) mass is 413 g/mol. The maximum Gasteiger partial charge on any atom is 0.337 e. The van der Waals surface area contributed by atoms with Crippen molar-refractivity contribution in [3.8, 4) is 11.5 Å². The third-order valence-electron chi connectivity index (χ3n) is 4.47. The van der Waals surface area contributed by atoms with Crippen LogP contribution in [0, 0.1) is 5.92 Å². The molecule has 0 saturated carbocycles. The Morgan fingerprint density at radius 1 is 1.21 bits per heavy atom. The molecule has 8 nitrogen and oxygen atoms in total. The van der Waals surface area contributed by atoms with Gasteiger partial charge in [0.05, 0.1) is 31.3 Å². The van der Waals surface area contributed by atoms with Gasteiger partial charge in [0.1, 0.15) is 0 Å². The first-order chi connectivity index (χ1) is 13.2. The zero-order valence-electron chi connectivity index (χ0n) is 16.6. The van der Waals surface area contributed by atoms with E-state index >= 15 is 0 Å². The van der Waals surface area contributed by atoms with E-state index in [1.54, 1.807) is 4.90 Å². The Bertz CT molecular complexity index is 820. The lowest BCUT2D eigenvalue weighted by Gasteiger charge is -2.30. The lowest BCUT2D eigenvalue weighted by Crippen LogP contribution is -2.45. The number of esters is 1. The second-order valence-electron chi connectivity index (χ2n) is 7.14. The van der Waals surface area contributed by atoms with E-state index < -0.39 is 15.8 Å². The van der Waals surface area contributed by atoms with Crippen LogP contribution < -0.4 is 9.47 Å². The van der Waals surface area contributed by atoms with Gasteiger partial charge in [-0.1, -0.05) is 13.8 Å². The molecule has 1 fully saturated rings. The van der Waals surface area contributed by atoms with Crippen LogP contribution in [0.1, 0.15) is 30.6 Å². The van der Waals surface area contributed by atoms with Crippen molar-refractivity contribution in [3.05, 3.63) is 23.8 Å². The summed E-state index contributed by atoms with van der Waals surface area (Å²) in [6.45, 7) is 4.15. The lowest BCUT2D eigenvalue weighted by molar-refractivity contribution is -0.135. The molecular formula is C19H27NO7S. The largest absolute Gasteiger partial charge is 0.493 e. The van der Waals surface area contributed by atoms with Gasteiger partial charge in [-0.2, -0.15) is 0 Å². The molecule has 0 bridgehead atoms. The van der Waals surface area contributed by atoms with Crippen LogP contribution in [-0.2, 0) is 19.4 Å². The Labute approximate surface area is 165 Å². The molecule has 0 N–H and O–H groups in total. The van der Waals surface area contributed by atoms with Crippen molar-refractivity contribution < 1.29 is 32.2 Å². The molecule has 1 aromatic rings. The molecule has 1 heterocycles. The summed E-state index contributed by atoms with van der Waals surface area (Å²) < 4.78 is 39.1. The zero-order chi connectivity index (χ0) is 20.9. The van der Waals surface area contributed by atoms with Crippen molar-refractivity contribution in [3.63, 3.8) is 0 Å². The topological polar surface area (TPSA) is 99.2 Å². The quantitative estimate of drug-likeness (QED) is 0.596. The van der Waals surface area contributed by atoms with Crippen molar-refractivity contribution >= 4 is 21.7 Å². The van der Waals surface area contributed by atoms with Crippen molar-refractivity contribution in [2.75, 3.05) is 38.9 Å². The molecule has 1 amide bonds. The highest BCUT2D eigenvalue weighted by Crippen LogP contribution is 2.28. The molecule has 2 rings (SSSR count). The first kappa shape index (κ1) is 22.0. The highest BCUT2D eigenvalue weighted by atomic mass is 32.2. The summed E-state index contributed by atoms with van der Waals surface area (Å²) in [7, 11) is -0.389. The predicted molar refractivity (Wildman–Crippen MR) is 103 cm³/mol. The van der Waals surface area contributed by atoms with Crippen LogP contribution in [0.2, 0.25) is 0 Å². The van der Waals surface area contributed by atoms with E-state index in [0.717, 1.165) is 0 Å². The number of benzene rings is 1. The Hall–Kier alpha value is -2.29. The number of hydrogen-bond acceptors (Lipinski definition) is 7. The van der Waals surface area contributed by atoms with E-state index in [2.05, 4.69) is 4.74 Å². The Morgan fingerprint density at radius 2 is 1.93 bits per heavy atom. The fraction of sp³-hybridized carbons (Fsp3) is 0.579. The van der Waals surface area contributed by atoms with Gasteiger partial charge in [-0.05, 0) is 30.5 Å². The number of ether oxygens (including phenoxy) is 3. The van der Waals surface area contributed by atoms with Gasteiger partial charge in [0.15, 0.2) is 27.9 Å². The molecule has 1 atom stereocenters. The molecule has 1 saturated heterocycles. The smallest absolute Gasteiger partial charge is 0.337 e. The molecule has 0 spiro atoms. The molecule has 0 radical (unpaired) electrons. The third-order valence-corrected chi connectivity index (χ3v) is 6.22. The van der Waals surface area contributed by atoms with E-state index in [-0.39, 0.29) is 36.0 Å². The van der Waals surface area contributed by atoms with Gasteiger partial charge in [0.25, 0.3) is 5.91 Å². The number of methoxy groups -OCH3 is 2. The first-order valence-electron chi connectivity index (χ1n) is 9.06. The number of carbonyl (C=O) groups is 2. The highest BCUT2D eigenvalue weighted by Gasteiger charge is 2.35. The summed E-state index contributed by atoms with van der Waals surface area (Å²) in [6.07, 6.45) is 0.442. The molecule has 1 aliphatic rings. The van der Waals surface area contributed by atoms with Gasteiger partial charge < -0.3 is 19.1 Å². The molecule has 156 valence electrons. The summed E-state index contributed by atoms with van der Waals surface area (Å²) in [4.78, 5) is 26.0. The van der Waals surface area contributed by atoms with Crippen LogP contribution in [0.15, 0.2) is 18.2 Å². The fourth-order valence-electron chi connectivity index (χ4n) is 3.12. The van der Waals surface area contributed by atoms with E-state index in [1.165, 1.54) is 32.4 Å². The third kappa shape index (κ3) is 5.60. The van der Waals surface area contributed by atoms with Crippen LogP contribution in [0.5, 0.6) is 11.5 Å². The van der Waals surface area contributed by atoms with Crippen molar-refractivity contribution in [2.45, 2.75) is 26.3 Å². The minimum absolute atomic E-state index is 0.0113. The summed E-state index contributed by atoms with van der Waals surface area (Å²) in [6, 6.07) is 4.20. The Kier molecular flexibility index (Phi) is 7.29. The molecular weight excluding hydrogens is 386 g/mol. The van der Waals surface area contributed by atoms with Crippen LogP contribution >= 0.6 is 0 Å². The van der Waals surface area contributed by atoms with Gasteiger partial charge in [0.2, 0.25) is 0 Å². The average Bonchev–Trinajstić information content (AvgIpc) is 3.02. The molecule has 0 unspecified atom stereocenters. The fourth-order valence-corrected chi connectivity index (χ4v) is 4.85. The molecule has 1 aliphatic heterocycles. The maximum atomic E-state index is 12.8. The maximum absolute atomic E-state index is 12.8. The van der Waals surface area contributed by atoms with Crippen LogP contribution in [0.25, 0.3) is 0 Å². The lowest BCUT2D eigenvalue weighted by atomic mass is 10.1. The van der Waals surface area contributed by atoms with E-state index in [4.69, 9.17) is 9.47 Å². The highest BCUT2D eigenvalue weighted by molar-refractivity contribution is 7.91. The van der Waals surface area contributed by atoms with E-state index in [1.807, 2.05) is 13.8 Å². The second-order valence-corrected chi connectivity index (χ2v) is 9.37. The predicted octanol–water partition coefficient (Wildman–Crippen LogP) is 1.53. The van der Waals surface area contributed by atoms with Gasteiger partial charge in [-0.25, -0.2) is 13.2 Å². The minimum atomic E-state index is -3.10. The molecule has 28 heavy (non-hydrogen) atoms. The minimum Gasteiger partial charge on any atom is -0.493 e. The van der Waals surface area contributed by atoms with Crippen molar-refractivity contribution in [1.29, 1.82) is 0 Å². The number of hydrogen-bond donors (Lipinski definition) is 0. The van der Waals surface area contributed by atoms with E-state index in [0.29, 0.717) is 30.0 Å². The summed E-state index contributed by atoms with van der Waals surface area (Å²) in [5.41, 5.74) is 0.302. The standard InChI is InChI=1S/C19H27NO7S/c1-13(2)10-20(15-7-8-28(23,24)12-15)18(21)11-27-16-6-5-14(19(22)26-4)9-17(16)25-3/h5-6,9,13,15H,7-8,10-12H2,1-4H3/t15-/m0/s1. The molecule has 1 aromatic carbocycles. The van der Waals surface area contributed by atoms with Crippen molar-refractivity contribution in [1.82, 2.24) is 4.90 Å². The van der Waals surface area contributed by atoms with Crippen LogP contribution in [-0.4, -0.2) is 70.1 Å². The average molecular weight is 413 g/mol. The normalized spacial score (nSPS) is 18.0. The van der Waals surface area contributed by atoms with Crippen molar-refractivity contribution in [2.24, 2.45) is 5.92 Å². The second kappa shape index (κ2) is 9.27. The summed E-state index contributed by atoms with van der Waals surface area (Å²) in [5, 5.41) is 0. The number of rotatable bonds is 8. The number of amides is 1. The van der Waals surface area contributed by atoms with Gasteiger partial charge >= 0.3 is 5.97 Å². The number of nitrogens with zero attached hydrogens (tertiary/aromatic N) is 1. The van der Waals surface area contributed by atoms with E-state index in [9.17, 15) is 18.0 Å². The Morgan fingerprint density at radius 3 is 2.46 bits per heavy atom. The molecule has 9 heteroatoms. The zero-order valence-corrected chi connectivity index (χ0v) is 17.5. The first-order valence-corrected chi connectivity index (χ1v) is 10.9. The summed E-state index contributed by atoms with van der Waals surface area (Å²) >= 11 is 0. The van der Waals surface area contributed by atoms with Crippen LogP contribution in [0.3, 0.4) is 0 Å². The van der Waals surface area contributed by atoms with Gasteiger partial charge in [-0.3, -0.25) is 4.79 Å². The molecule has 0 aliphatic carbocycles. The van der Waals surface area contributed by atoms with Gasteiger partial charge in [0, 0.05) is 12.6 Å². The van der Waals surface area contributed by atoms with Gasteiger partial charge in [-0.15, -0.1) is 0 Å². The molecule has 0 aromatic heterocycles.